The summed E-state index contributed by atoms with van der Waals surface area (Å²) in [6.45, 7) is 35.1. The molecule has 8 aliphatic rings. The molecular formula is C96H134Cl12N4P2Ru2. The molecule has 6 saturated carbocycles. The zero-order valence-electron chi connectivity index (χ0n) is 71.2. The van der Waals surface area contributed by atoms with E-state index in [9.17, 15) is 0 Å². The zero-order valence-corrected chi connectivity index (χ0v) is 85.8. The van der Waals surface area contributed by atoms with E-state index in [1.807, 2.05) is 65.3 Å². The summed E-state index contributed by atoms with van der Waals surface area (Å²) >= 11 is 37.5. The first-order valence-corrected chi connectivity index (χ1v) is 60.1. The van der Waals surface area contributed by atoms with Crippen LogP contribution in [0.1, 0.15) is 271 Å². The summed E-state index contributed by atoms with van der Waals surface area (Å²) in [5.74, 6) is 0. The molecule has 0 radical (unpaired) electrons. The van der Waals surface area contributed by atoms with Gasteiger partial charge in [0.15, 0.2) is 0 Å². The van der Waals surface area contributed by atoms with Crippen molar-refractivity contribution in [3.8, 4) is 0 Å². The van der Waals surface area contributed by atoms with E-state index in [1.54, 1.807) is 199 Å². The molecule has 6 aromatic rings. The molecular weight excluding hydrogens is 1900 g/mol. The molecule has 0 atom stereocenters. The number of benzene rings is 6. The van der Waals surface area contributed by atoms with E-state index in [4.69, 9.17) is 132 Å². The van der Waals surface area contributed by atoms with Crippen LogP contribution in [0.2, 0.25) is 0 Å². The first-order valence-electron chi connectivity index (χ1n) is 42.8. The standard InChI is InChI=1S/2C21H27N2.2C18H33P.C8H6Cl2.C7H6.C2Cl4.CCl2.4ClH.2Ru/c2*1-14-9-16(3)20(17(4)10-14)22-7-8-23(13-22)21-18(5)11-15(2)12-19(21)6;2*1-4-10-16(11-5-1)19(17-12-6-2-7-13-17)18-14-8-3-9-15-18;9-8(10)6-7-4-2-1-3-5-7;1-7-5-3-2-4-6-7;3-1(4)2(5)6;2-1-3;;;;;;/h2*9-13H,7-8H2,1-6H3;2*16-18H,1-15H2;1-6H;1-6H;;;4*1H;;/q2*-1;;;;;;;;;;;2*+2/p-2. The van der Waals surface area contributed by atoms with Crippen LogP contribution < -0.4 is 19.6 Å². The number of hydrogen-bond donors (Lipinski definition) is 0. The van der Waals surface area contributed by atoms with Crippen LogP contribution in [0.5, 0.6) is 0 Å². The molecule has 14 rings (SSSR count). The van der Waals surface area contributed by atoms with E-state index in [2.05, 4.69) is 165 Å². The Morgan fingerprint density at radius 1 is 0.310 bits per heavy atom. The third-order valence-corrected chi connectivity index (χ3v) is 41.8. The molecule has 648 valence electrons. The van der Waals surface area contributed by atoms with Crippen molar-refractivity contribution in [3.63, 3.8) is 0 Å². The fourth-order valence-corrected chi connectivity index (χ4v) is 32.6. The van der Waals surface area contributed by atoms with Crippen LogP contribution in [0.4, 0.5) is 22.7 Å². The quantitative estimate of drug-likeness (QED) is 0.0688. The van der Waals surface area contributed by atoms with Crippen molar-refractivity contribution in [3.05, 3.63) is 214 Å². The Labute approximate surface area is 772 Å². The third-order valence-electron chi connectivity index (χ3n) is 24.2. The molecule has 6 aliphatic carbocycles. The number of hydrogen-bond acceptors (Lipinski definition) is 4. The van der Waals surface area contributed by atoms with Crippen molar-refractivity contribution < 1.29 is 27.0 Å². The molecule has 0 N–H and O–H groups in total. The van der Waals surface area contributed by atoms with Crippen LogP contribution in [0.25, 0.3) is 6.08 Å². The van der Waals surface area contributed by atoms with Gasteiger partial charge in [-0.2, -0.15) is 13.3 Å². The van der Waals surface area contributed by atoms with E-state index >= 15 is 0 Å². The Kier molecular flexibility index (Phi) is 48.6. The van der Waals surface area contributed by atoms with Gasteiger partial charge in [0.1, 0.15) is 13.5 Å². The van der Waals surface area contributed by atoms with Crippen molar-refractivity contribution in [2.24, 2.45) is 0 Å². The Morgan fingerprint density at radius 2 is 0.509 bits per heavy atom. The van der Waals surface area contributed by atoms with Gasteiger partial charge in [-0.25, -0.2) is 0 Å². The Balaban J connectivity index is 0.000000191. The maximum atomic E-state index is 5.67. The molecule has 0 amide bonds. The van der Waals surface area contributed by atoms with E-state index in [1.165, 1.54) is 123 Å². The summed E-state index contributed by atoms with van der Waals surface area (Å²) in [4.78, 5) is 9.62. The second-order valence-electron chi connectivity index (χ2n) is 33.5. The fourth-order valence-electron chi connectivity index (χ4n) is 20.1. The summed E-state index contributed by atoms with van der Waals surface area (Å²) < 4.78 is 2.14. The van der Waals surface area contributed by atoms with Crippen molar-refractivity contribution >= 4 is 184 Å². The molecule has 2 aliphatic heterocycles. The molecule has 2 saturated heterocycles. The van der Waals surface area contributed by atoms with E-state index in [-0.39, 0.29) is 32.3 Å². The van der Waals surface area contributed by atoms with Gasteiger partial charge < -0.3 is 19.6 Å². The maximum absolute atomic E-state index is 5.67. The Bertz CT molecular complexity index is 3440. The summed E-state index contributed by atoms with van der Waals surface area (Å²) in [6.07, 6.45) is 49.3. The van der Waals surface area contributed by atoms with Crippen LogP contribution >= 0.6 is 147 Å². The normalized spacial score (nSPS) is 18.0. The predicted octanol–water partition coefficient (Wildman–Crippen LogP) is 34.1. The van der Waals surface area contributed by atoms with Gasteiger partial charge in [0.05, 0.1) is 34.0 Å². The number of nitrogens with zero attached hydrogens (tertiary/aromatic N) is 4. The van der Waals surface area contributed by atoms with Crippen LogP contribution in [-0.4, -0.2) is 67.8 Å². The van der Waals surface area contributed by atoms with Gasteiger partial charge in [0.2, 0.25) is 0 Å². The van der Waals surface area contributed by atoms with Crippen molar-refractivity contribution in [2.45, 2.75) is 310 Å². The Morgan fingerprint density at radius 3 is 0.681 bits per heavy atom. The van der Waals surface area contributed by atoms with Crippen LogP contribution in [0.3, 0.4) is 0 Å². The molecule has 0 aromatic heterocycles. The number of rotatable bonds is 12. The molecule has 116 heavy (non-hydrogen) atoms. The summed E-state index contributed by atoms with van der Waals surface area (Å²) in [5, 5.41) is 0. The minimum atomic E-state index is -1.89. The van der Waals surface area contributed by atoms with Gasteiger partial charge >= 0.3 is 133 Å². The number of aryl methyl sites for hydroxylation is 12. The molecule has 2 heterocycles. The first kappa shape index (κ1) is 102. The topological polar surface area (TPSA) is 13.0 Å². The van der Waals surface area contributed by atoms with Crippen molar-refractivity contribution in [2.75, 3.05) is 45.8 Å². The summed E-state index contributed by atoms with van der Waals surface area (Å²) in [5.41, 5.74) is 31.2. The van der Waals surface area contributed by atoms with Gasteiger partial charge in [0.25, 0.3) is 0 Å². The van der Waals surface area contributed by atoms with E-state index in [0.717, 1.165) is 37.3 Å². The van der Waals surface area contributed by atoms with E-state index < -0.39 is 27.0 Å². The summed E-state index contributed by atoms with van der Waals surface area (Å²) in [7, 11) is 21.7. The monoisotopic (exact) mass is 2030 g/mol. The average Bonchev–Trinajstić information content (AvgIpc) is 1.61. The van der Waals surface area contributed by atoms with E-state index in [0.29, 0.717) is 0 Å². The predicted molar refractivity (Wildman–Crippen MR) is 527 cm³/mol. The molecule has 0 unspecified atom stereocenters. The third kappa shape index (κ3) is 35.3. The first-order chi connectivity index (χ1) is 55.5. The average molecular weight is 2030 g/mol. The molecule has 0 spiro atoms. The van der Waals surface area contributed by atoms with Gasteiger partial charge in [-0.3, -0.25) is 0 Å². The van der Waals surface area contributed by atoms with Crippen LogP contribution in [0, 0.1) is 96.4 Å². The molecule has 8 fully saturated rings. The van der Waals surface area contributed by atoms with Gasteiger partial charge in [0, 0.05) is 64.8 Å². The second kappa shape index (κ2) is 55.0. The molecule has 0 bridgehead atoms. The molecule has 6 aromatic carbocycles. The SMILES string of the molecule is C1CCC([PH+](C2CCCCC2)C2CCCCC2)CC1.C1CCC([PH+](C2CCCCC2)C2CCCCC2)CC1.Cc1cc(C)c(N2[CH-]N(c3c(C)cc(C)cc3C)CC2)c(C)c1.Cc1cc(C)c(N2[CH-]N(c3c(C)cc(C)cc3C)CC2)c(C)c1.ClC(Cl)=C(Cl)Cl.ClC(Cl)=Cc1ccccc1.Cl[C](Cl)=[Ru]([Cl])[Cl].[Cl][Ru]([Cl])=[CH]c1ccccc1. The minimum absolute atomic E-state index is 0.0465. The fraction of sp³-hybridized carbons (Fsp3) is 0.542. The zero-order chi connectivity index (χ0) is 84.4. The van der Waals surface area contributed by atoms with Gasteiger partial charge in [-0.15, -0.1) is 0 Å². The van der Waals surface area contributed by atoms with Crippen LogP contribution in [0.15, 0.2) is 123 Å². The number of anilines is 4. The Hall–Kier alpha value is -0.673. The molecule has 4 nitrogen and oxygen atoms in total. The second-order valence-corrected chi connectivity index (χ2v) is 56.7. The molecule has 20 heteroatoms. The van der Waals surface area contributed by atoms with Crippen molar-refractivity contribution in [1.82, 2.24) is 0 Å². The number of halogens is 12. The van der Waals surface area contributed by atoms with Gasteiger partial charge in [-0.1, -0.05) is 209 Å². The summed E-state index contributed by atoms with van der Waals surface area (Å²) in [6, 6.07) is 37.8. The van der Waals surface area contributed by atoms with Crippen molar-refractivity contribution in [1.29, 1.82) is 0 Å². The van der Waals surface area contributed by atoms with Crippen LogP contribution in [-0.2, 0) is 27.0 Å². The van der Waals surface area contributed by atoms with Gasteiger partial charge in [-0.05, 0) is 293 Å².